The molecule has 0 saturated heterocycles. The van der Waals surface area contributed by atoms with Crippen LogP contribution < -0.4 is 10.6 Å². The Balaban J connectivity index is 1.99. The number of pyridine rings is 2. The summed E-state index contributed by atoms with van der Waals surface area (Å²) >= 11 is 0. The molecule has 3 rings (SSSR count). The lowest BCUT2D eigenvalue weighted by Crippen LogP contribution is -2.35. The van der Waals surface area contributed by atoms with Crippen LogP contribution in [0.25, 0.3) is 11.1 Å². The Morgan fingerprint density at radius 1 is 1.25 bits per heavy atom. The molecule has 3 heterocycles. The Hall–Kier alpha value is -1.98. The van der Waals surface area contributed by atoms with E-state index in [1.165, 1.54) is 5.56 Å². The molecule has 128 valence electrons. The molecule has 0 aliphatic carbocycles. The molecular formula is C19H26N4O. The summed E-state index contributed by atoms with van der Waals surface area (Å²) in [5, 5.41) is 10.7. The second-order valence-electron chi connectivity index (χ2n) is 7.02. The fourth-order valence-corrected chi connectivity index (χ4v) is 3.08. The first-order valence-corrected chi connectivity index (χ1v) is 8.55. The number of aliphatic hydroxyl groups is 1. The van der Waals surface area contributed by atoms with E-state index < -0.39 is 5.60 Å². The van der Waals surface area contributed by atoms with Gasteiger partial charge in [-0.05, 0) is 43.4 Å². The first-order chi connectivity index (χ1) is 11.4. The van der Waals surface area contributed by atoms with Crippen LogP contribution in [0.4, 0.5) is 5.82 Å². The molecule has 2 aromatic rings. The third kappa shape index (κ3) is 3.01. The van der Waals surface area contributed by atoms with Gasteiger partial charge in [0.2, 0.25) is 0 Å². The lowest BCUT2D eigenvalue weighted by Gasteiger charge is -2.29. The molecule has 24 heavy (non-hydrogen) atoms. The minimum atomic E-state index is -0.902. The summed E-state index contributed by atoms with van der Waals surface area (Å²) in [6.07, 6.45) is 7.55. The largest absolute Gasteiger partial charge is 0.385 e. The predicted molar refractivity (Wildman–Crippen MR) is 96.6 cm³/mol. The van der Waals surface area contributed by atoms with Gasteiger partial charge in [0.1, 0.15) is 5.82 Å². The Morgan fingerprint density at radius 2 is 2.00 bits per heavy atom. The maximum absolute atomic E-state index is 10.7. The number of anilines is 1. The number of hydrogen-bond acceptors (Lipinski definition) is 5. The molecule has 2 aromatic heterocycles. The normalized spacial score (nSPS) is 16.8. The van der Waals surface area contributed by atoms with Crippen LogP contribution >= 0.6 is 0 Å². The van der Waals surface area contributed by atoms with Gasteiger partial charge in [-0.3, -0.25) is 4.98 Å². The highest BCUT2D eigenvalue weighted by molar-refractivity contribution is 5.66. The lowest BCUT2D eigenvalue weighted by molar-refractivity contribution is 0.00878. The quantitative estimate of drug-likeness (QED) is 0.903. The van der Waals surface area contributed by atoms with Crippen molar-refractivity contribution in [2.45, 2.75) is 39.2 Å². The monoisotopic (exact) mass is 326 g/mol. The Bertz CT molecular complexity index is 727. The van der Waals surface area contributed by atoms with E-state index in [1.54, 1.807) is 6.20 Å². The summed E-state index contributed by atoms with van der Waals surface area (Å²) < 4.78 is 0. The fraction of sp³-hybridized carbons (Fsp3) is 0.474. The van der Waals surface area contributed by atoms with Crippen LogP contribution in [-0.2, 0) is 12.0 Å². The number of fused-ring (bicyclic) bond motifs is 1. The van der Waals surface area contributed by atoms with E-state index >= 15 is 0 Å². The molecule has 3 N–H and O–H groups in total. The first-order valence-electron chi connectivity index (χ1n) is 8.55. The number of aromatic nitrogens is 2. The minimum Gasteiger partial charge on any atom is -0.385 e. The Morgan fingerprint density at radius 3 is 2.71 bits per heavy atom. The van der Waals surface area contributed by atoms with Crippen LogP contribution in [0.15, 0.2) is 30.7 Å². The van der Waals surface area contributed by atoms with Gasteiger partial charge in [-0.15, -0.1) is 0 Å². The standard InChI is InChI=1S/C19H26N4O/c1-13(2)19(3,24)17-8-16(9-21-11-17)15-7-14-5-4-6-23(12-20)18(14)22-10-15/h7-11,13,24H,4-6,12,20H2,1-3H3. The highest BCUT2D eigenvalue weighted by Crippen LogP contribution is 2.33. The summed E-state index contributed by atoms with van der Waals surface area (Å²) in [6.45, 7) is 7.31. The zero-order valence-corrected chi connectivity index (χ0v) is 14.7. The van der Waals surface area contributed by atoms with Crippen molar-refractivity contribution < 1.29 is 5.11 Å². The summed E-state index contributed by atoms with van der Waals surface area (Å²) in [6, 6.07) is 4.19. The molecule has 5 heteroatoms. The molecule has 0 saturated carbocycles. The maximum Gasteiger partial charge on any atom is 0.132 e. The predicted octanol–water partition coefficient (Wildman–Crippen LogP) is 2.68. The van der Waals surface area contributed by atoms with Crippen molar-refractivity contribution in [2.24, 2.45) is 11.7 Å². The van der Waals surface area contributed by atoms with Gasteiger partial charge in [0.05, 0.1) is 12.3 Å². The molecule has 0 aromatic carbocycles. The number of rotatable bonds is 4. The molecule has 0 amide bonds. The number of nitrogens with two attached hydrogens (primary N) is 1. The van der Waals surface area contributed by atoms with Gasteiger partial charge in [-0.2, -0.15) is 0 Å². The van der Waals surface area contributed by atoms with Gasteiger partial charge in [-0.25, -0.2) is 4.98 Å². The van der Waals surface area contributed by atoms with Gasteiger partial charge in [-0.1, -0.05) is 13.8 Å². The molecule has 0 spiro atoms. The van der Waals surface area contributed by atoms with E-state index in [9.17, 15) is 5.11 Å². The summed E-state index contributed by atoms with van der Waals surface area (Å²) in [7, 11) is 0. The van der Waals surface area contributed by atoms with Crippen LogP contribution in [0.1, 0.15) is 38.3 Å². The van der Waals surface area contributed by atoms with Gasteiger partial charge in [0.15, 0.2) is 0 Å². The molecular weight excluding hydrogens is 300 g/mol. The second kappa shape index (κ2) is 6.49. The summed E-state index contributed by atoms with van der Waals surface area (Å²) in [4.78, 5) is 11.1. The SMILES string of the molecule is CC(C)C(C)(O)c1cncc(-c2cnc3c(c2)CCCN3CN)c1. The molecule has 1 atom stereocenters. The second-order valence-corrected chi connectivity index (χ2v) is 7.02. The molecule has 1 aliphatic rings. The number of aryl methyl sites for hydroxylation is 1. The first kappa shape index (κ1) is 16.9. The van der Waals surface area contributed by atoms with Crippen LogP contribution in [0, 0.1) is 5.92 Å². The van der Waals surface area contributed by atoms with Crippen molar-refractivity contribution in [1.82, 2.24) is 9.97 Å². The van der Waals surface area contributed by atoms with Crippen molar-refractivity contribution in [1.29, 1.82) is 0 Å². The van der Waals surface area contributed by atoms with Gasteiger partial charge in [0.25, 0.3) is 0 Å². The van der Waals surface area contributed by atoms with Crippen LogP contribution in [-0.4, -0.2) is 28.3 Å². The number of hydrogen-bond donors (Lipinski definition) is 2. The van der Waals surface area contributed by atoms with Crippen molar-refractivity contribution in [3.8, 4) is 11.1 Å². The van der Waals surface area contributed by atoms with E-state index in [0.29, 0.717) is 6.67 Å². The van der Waals surface area contributed by atoms with Crippen molar-refractivity contribution >= 4 is 5.82 Å². The van der Waals surface area contributed by atoms with E-state index in [1.807, 2.05) is 39.2 Å². The zero-order valence-electron chi connectivity index (χ0n) is 14.7. The molecule has 1 unspecified atom stereocenters. The smallest absolute Gasteiger partial charge is 0.132 e. The van der Waals surface area contributed by atoms with Crippen LogP contribution in [0.3, 0.4) is 0 Å². The zero-order chi connectivity index (χ0) is 17.3. The minimum absolute atomic E-state index is 0.106. The van der Waals surface area contributed by atoms with Gasteiger partial charge in [0, 0.05) is 41.8 Å². The third-order valence-corrected chi connectivity index (χ3v) is 5.12. The number of nitrogens with zero attached hydrogens (tertiary/aromatic N) is 3. The third-order valence-electron chi connectivity index (χ3n) is 5.12. The van der Waals surface area contributed by atoms with Crippen molar-refractivity contribution in [3.05, 3.63) is 41.9 Å². The lowest BCUT2D eigenvalue weighted by atomic mass is 9.85. The van der Waals surface area contributed by atoms with E-state index in [0.717, 1.165) is 41.9 Å². The van der Waals surface area contributed by atoms with Crippen LogP contribution in [0.2, 0.25) is 0 Å². The van der Waals surface area contributed by atoms with E-state index in [-0.39, 0.29) is 5.92 Å². The van der Waals surface area contributed by atoms with Gasteiger partial charge >= 0.3 is 0 Å². The maximum atomic E-state index is 10.7. The molecule has 1 aliphatic heterocycles. The topological polar surface area (TPSA) is 75.3 Å². The van der Waals surface area contributed by atoms with E-state index in [4.69, 9.17) is 5.73 Å². The van der Waals surface area contributed by atoms with Gasteiger partial charge < -0.3 is 15.7 Å². The Kier molecular flexibility index (Phi) is 4.56. The highest BCUT2D eigenvalue weighted by Gasteiger charge is 2.28. The molecule has 0 radical (unpaired) electrons. The average Bonchev–Trinajstić information content (AvgIpc) is 2.60. The molecule has 5 nitrogen and oxygen atoms in total. The summed E-state index contributed by atoms with van der Waals surface area (Å²) in [5.74, 6) is 1.10. The van der Waals surface area contributed by atoms with Crippen molar-refractivity contribution in [2.75, 3.05) is 18.1 Å². The Labute approximate surface area is 143 Å². The fourth-order valence-electron chi connectivity index (χ4n) is 3.08. The highest BCUT2D eigenvalue weighted by atomic mass is 16.3. The average molecular weight is 326 g/mol. The van der Waals surface area contributed by atoms with Crippen LogP contribution in [0.5, 0.6) is 0 Å². The molecule has 0 fully saturated rings. The van der Waals surface area contributed by atoms with Crippen molar-refractivity contribution in [3.63, 3.8) is 0 Å². The summed E-state index contributed by atoms with van der Waals surface area (Å²) in [5.41, 5.74) is 8.98. The molecule has 0 bridgehead atoms. The van der Waals surface area contributed by atoms with E-state index in [2.05, 4.69) is 20.9 Å².